The lowest BCUT2D eigenvalue weighted by Crippen LogP contribution is -2.50. The number of nitrogens with zero attached hydrogens (tertiary/aromatic N) is 1. The highest BCUT2D eigenvalue weighted by Gasteiger charge is 2.35. The maximum Gasteiger partial charge on any atom is 0.410 e. The molecule has 1 aromatic rings. The molecule has 0 atom stereocenters. The van der Waals surface area contributed by atoms with Gasteiger partial charge in [0.1, 0.15) is 11.4 Å². The van der Waals surface area contributed by atoms with Gasteiger partial charge >= 0.3 is 6.09 Å². The van der Waals surface area contributed by atoms with Crippen LogP contribution in [0, 0.1) is 5.82 Å². The topological polar surface area (TPSA) is 61.8 Å². The summed E-state index contributed by atoms with van der Waals surface area (Å²) in [5, 5.41) is 13.7. The largest absolute Gasteiger partial charge is 0.444 e. The van der Waals surface area contributed by atoms with Crippen molar-refractivity contribution in [3.63, 3.8) is 0 Å². The zero-order valence-corrected chi connectivity index (χ0v) is 13.9. The number of anilines is 1. The number of ether oxygens (including phenoxy) is 1. The third kappa shape index (κ3) is 5.39. The maximum absolute atomic E-state index is 12.9. The summed E-state index contributed by atoms with van der Waals surface area (Å²) in [5.41, 5.74) is -0.642. The summed E-state index contributed by atoms with van der Waals surface area (Å²) in [6.07, 6.45) is 0.604. The van der Waals surface area contributed by atoms with Gasteiger partial charge < -0.3 is 20.1 Å². The Morgan fingerprint density at radius 2 is 1.87 bits per heavy atom. The molecule has 1 aromatic carbocycles. The van der Waals surface area contributed by atoms with E-state index in [1.807, 2.05) is 20.8 Å². The molecule has 1 aliphatic heterocycles. The fourth-order valence-electron chi connectivity index (χ4n) is 2.44. The second-order valence-corrected chi connectivity index (χ2v) is 7.05. The van der Waals surface area contributed by atoms with E-state index in [4.69, 9.17) is 4.74 Å². The smallest absolute Gasteiger partial charge is 0.410 e. The monoisotopic (exact) mass is 324 g/mol. The molecule has 0 spiro atoms. The fraction of sp³-hybridized carbons (Fsp3) is 0.588. The van der Waals surface area contributed by atoms with Crippen molar-refractivity contribution in [2.45, 2.75) is 44.8 Å². The molecular formula is C17H25FN2O3. The number of aliphatic hydroxyl groups is 1. The van der Waals surface area contributed by atoms with E-state index >= 15 is 0 Å². The Kier molecular flexibility index (Phi) is 5.14. The molecule has 0 bridgehead atoms. The standard InChI is InChI=1S/C17H25FN2O3/c1-16(2,3)23-15(21)20-10-8-17(22,9-11-20)12-19-14-6-4-13(18)5-7-14/h4-7,19,22H,8-12H2,1-3H3. The van der Waals surface area contributed by atoms with Gasteiger partial charge in [-0.2, -0.15) is 0 Å². The molecule has 1 heterocycles. The summed E-state index contributed by atoms with van der Waals surface area (Å²) >= 11 is 0. The van der Waals surface area contributed by atoms with Crippen LogP contribution < -0.4 is 5.32 Å². The van der Waals surface area contributed by atoms with Gasteiger partial charge in [-0.25, -0.2) is 9.18 Å². The van der Waals surface area contributed by atoms with Crippen LogP contribution in [-0.2, 0) is 4.74 Å². The molecule has 0 aliphatic carbocycles. The number of amides is 1. The number of carbonyl (C=O) groups excluding carboxylic acids is 1. The molecule has 0 aromatic heterocycles. The summed E-state index contributed by atoms with van der Waals surface area (Å²) < 4.78 is 18.2. The zero-order chi connectivity index (χ0) is 17.1. The lowest BCUT2D eigenvalue weighted by Gasteiger charge is -2.38. The molecule has 0 radical (unpaired) electrons. The molecular weight excluding hydrogens is 299 g/mol. The summed E-state index contributed by atoms with van der Waals surface area (Å²) in [6, 6.07) is 6.01. The highest BCUT2D eigenvalue weighted by Crippen LogP contribution is 2.24. The second-order valence-electron chi connectivity index (χ2n) is 7.05. The highest BCUT2D eigenvalue weighted by molar-refractivity contribution is 5.68. The van der Waals surface area contributed by atoms with Gasteiger partial charge in [-0.3, -0.25) is 0 Å². The molecule has 6 heteroatoms. The second kappa shape index (κ2) is 6.74. The molecule has 1 fully saturated rings. The van der Waals surface area contributed by atoms with Gasteiger partial charge in [-0.05, 0) is 57.9 Å². The highest BCUT2D eigenvalue weighted by atomic mass is 19.1. The van der Waals surface area contributed by atoms with Crippen molar-refractivity contribution in [2.75, 3.05) is 25.0 Å². The minimum Gasteiger partial charge on any atom is -0.444 e. The molecule has 2 rings (SSSR count). The number of carbonyl (C=O) groups is 1. The van der Waals surface area contributed by atoms with Gasteiger partial charge in [0, 0.05) is 25.3 Å². The average Bonchev–Trinajstić information content (AvgIpc) is 2.46. The Morgan fingerprint density at radius 3 is 2.39 bits per heavy atom. The number of likely N-dealkylation sites (tertiary alicyclic amines) is 1. The van der Waals surface area contributed by atoms with Crippen molar-refractivity contribution in [2.24, 2.45) is 0 Å². The summed E-state index contributed by atoms with van der Waals surface area (Å²) in [7, 11) is 0. The van der Waals surface area contributed by atoms with Gasteiger partial charge in [-0.1, -0.05) is 0 Å². The Bertz CT molecular complexity index is 532. The van der Waals surface area contributed by atoms with Gasteiger partial charge in [0.2, 0.25) is 0 Å². The van der Waals surface area contributed by atoms with Crippen LogP contribution in [-0.4, -0.2) is 46.9 Å². The fourth-order valence-corrected chi connectivity index (χ4v) is 2.44. The minimum atomic E-state index is -0.882. The van der Waals surface area contributed by atoms with Crippen LogP contribution in [0.4, 0.5) is 14.9 Å². The summed E-state index contributed by atoms with van der Waals surface area (Å²) in [6.45, 7) is 6.77. The molecule has 5 nitrogen and oxygen atoms in total. The lowest BCUT2D eigenvalue weighted by molar-refractivity contribution is -0.0244. The molecule has 23 heavy (non-hydrogen) atoms. The van der Waals surface area contributed by atoms with Crippen LogP contribution in [0.25, 0.3) is 0 Å². The molecule has 2 N–H and O–H groups in total. The van der Waals surface area contributed by atoms with Crippen molar-refractivity contribution >= 4 is 11.8 Å². The van der Waals surface area contributed by atoms with E-state index in [2.05, 4.69) is 5.32 Å². The third-order valence-corrected chi connectivity index (χ3v) is 3.81. The van der Waals surface area contributed by atoms with Crippen molar-refractivity contribution < 1.29 is 19.0 Å². The van der Waals surface area contributed by atoms with Crippen LogP contribution in [0.3, 0.4) is 0 Å². The van der Waals surface area contributed by atoms with Gasteiger partial charge in [-0.15, -0.1) is 0 Å². The van der Waals surface area contributed by atoms with Crippen molar-refractivity contribution in [3.05, 3.63) is 30.1 Å². The first kappa shape index (κ1) is 17.5. The van der Waals surface area contributed by atoms with E-state index in [1.54, 1.807) is 17.0 Å². The normalized spacial score (nSPS) is 17.7. The number of piperidine rings is 1. The maximum atomic E-state index is 12.9. The van der Waals surface area contributed by atoms with E-state index < -0.39 is 11.2 Å². The lowest BCUT2D eigenvalue weighted by atomic mass is 9.91. The number of halogens is 1. The zero-order valence-electron chi connectivity index (χ0n) is 13.9. The Hall–Kier alpha value is -1.82. The van der Waals surface area contributed by atoms with E-state index in [0.717, 1.165) is 5.69 Å². The Labute approximate surface area is 136 Å². The van der Waals surface area contributed by atoms with Crippen LogP contribution in [0.15, 0.2) is 24.3 Å². The predicted octanol–water partition coefficient (Wildman–Crippen LogP) is 3.00. The molecule has 128 valence electrons. The van der Waals surface area contributed by atoms with Crippen molar-refractivity contribution in [3.8, 4) is 0 Å². The molecule has 1 amide bonds. The first-order valence-electron chi connectivity index (χ1n) is 7.87. The van der Waals surface area contributed by atoms with Crippen molar-refractivity contribution in [1.29, 1.82) is 0 Å². The molecule has 0 saturated carbocycles. The van der Waals surface area contributed by atoms with Gasteiger partial charge in [0.05, 0.1) is 5.60 Å². The Balaban J connectivity index is 1.82. The number of nitrogens with one attached hydrogen (secondary N) is 1. The summed E-state index contributed by atoms with van der Waals surface area (Å²) in [5.74, 6) is -0.292. The van der Waals surface area contributed by atoms with E-state index in [1.165, 1.54) is 12.1 Å². The van der Waals surface area contributed by atoms with E-state index in [9.17, 15) is 14.3 Å². The van der Waals surface area contributed by atoms with Crippen molar-refractivity contribution in [1.82, 2.24) is 4.90 Å². The van der Waals surface area contributed by atoms with Crippen LogP contribution in [0.1, 0.15) is 33.6 Å². The van der Waals surface area contributed by atoms with E-state index in [0.29, 0.717) is 32.5 Å². The quantitative estimate of drug-likeness (QED) is 0.897. The molecule has 0 unspecified atom stereocenters. The summed E-state index contributed by atoms with van der Waals surface area (Å²) in [4.78, 5) is 13.6. The third-order valence-electron chi connectivity index (χ3n) is 3.81. The number of hydrogen-bond acceptors (Lipinski definition) is 4. The minimum absolute atomic E-state index is 0.292. The van der Waals surface area contributed by atoms with Crippen LogP contribution >= 0.6 is 0 Å². The number of rotatable bonds is 3. The average molecular weight is 324 g/mol. The predicted molar refractivity (Wildman–Crippen MR) is 86.9 cm³/mol. The van der Waals surface area contributed by atoms with Crippen LogP contribution in [0.2, 0.25) is 0 Å². The van der Waals surface area contributed by atoms with Gasteiger partial charge in [0.15, 0.2) is 0 Å². The molecule has 1 saturated heterocycles. The number of benzene rings is 1. The van der Waals surface area contributed by atoms with Crippen LogP contribution in [0.5, 0.6) is 0 Å². The SMILES string of the molecule is CC(C)(C)OC(=O)N1CCC(O)(CNc2ccc(F)cc2)CC1. The first-order chi connectivity index (χ1) is 10.7. The molecule has 1 aliphatic rings. The Morgan fingerprint density at radius 1 is 1.30 bits per heavy atom. The van der Waals surface area contributed by atoms with E-state index in [-0.39, 0.29) is 11.9 Å². The first-order valence-corrected chi connectivity index (χ1v) is 7.87. The number of hydrogen-bond donors (Lipinski definition) is 2. The van der Waals surface area contributed by atoms with Gasteiger partial charge in [0.25, 0.3) is 0 Å².